The normalized spacial score (nSPS) is 10.2. The predicted molar refractivity (Wildman–Crippen MR) is 44.9 cm³/mol. The summed E-state index contributed by atoms with van der Waals surface area (Å²) >= 11 is 0. The third kappa shape index (κ3) is 1.84. The monoisotopic (exact) mass is 179 g/mol. The van der Waals surface area contributed by atoms with E-state index in [2.05, 4.69) is 25.4 Å². The van der Waals surface area contributed by atoms with Crippen molar-refractivity contribution < 1.29 is 4.52 Å². The Morgan fingerprint density at radius 1 is 1.62 bits per heavy atom. The van der Waals surface area contributed by atoms with Crippen molar-refractivity contribution in [3.8, 4) is 0 Å². The van der Waals surface area contributed by atoms with Crippen LogP contribution in [0.4, 0.5) is 6.01 Å². The molecule has 2 aromatic rings. The second kappa shape index (κ2) is 3.26. The second-order valence-electron chi connectivity index (χ2n) is 2.58. The molecule has 13 heavy (non-hydrogen) atoms. The van der Waals surface area contributed by atoms with Gasteiger partial charge in [0.2, 0.25) is 0 Å². The van der Waals surface area contributed by atoms with Crippen molar-refractivity contribution in [2.75, 3.05) is 5.32 Å². The van der Waals surface area contributed by atoms with Crippen molar-refractivity contribution in [2.24, 2.45) is 0 Å². The van der Waals surface area contributed by atoms with Crippen molar-refractivity contribution in [3.63, 3.8) is 0 Å². The molecule has 0 aliphatic carbocycles. The van der Waals surface area contributed by atoms with Crippen molar-refractivity contribution in [2.45, 2.75) is 13.5 Å². The molecule has 2 N–H and O–H groups in total. The molecule has 0 amide bonds. The van der Waals surface area contributed by atoms with Gasteiger partial charge < -0.3 is 14.8 Å². The summed E-state index contributed by atoms with van der Waals surface area (Å²) in [5.41, 5.74) is 0.968. The van der Waals surface area contributed by atoms with Gasteiger partial charge in [-0.05, 0) is 6.92 Å². The summed E-state index contributed by atoms with van der Waals surface area (Å²) in [4.78, 5) is 10.8. The summed E-state index contributed by atoms with van der Waals surface area (Å²) in [5, 5.41) is 6.60. The zero-order valence-corrected chi connectivity index (χ0v) is 7.11. The average molecular weight is 179 g/mol. The summed E-state index contributed by atoms with van der Waals surface area (Å²) in [7, 11) is 0. The molecule has 0 saturated carbocycles. The quantitative estimate of drug-likeness (QED) is 0.725. The molecule has 0 radical (unpaired) electrons. The highest BCUT2D eigenvalue weighted by Crippen LogP contribution is 2.03. The fraction of sp³-hybridized carbons (Fsp3) is 0.286. The highest BCUT2D eigenvalue weighted by atomic mass is 16.5. The maximum Gasteiger partial charge on any atom is 0.321 e. The number of nitrogens with one attached hydrogen (secondary N) is 2. The smallest absolute Gasteiger partial charge is 0.321 e. The third-order valence-electron chi connectivity index (χ3n) is 1.51. The Bertz CT molecular complexity index is 366. The van der Waals surface area contributed by atoms with Crippen molar-refractivity contribution >= 4 is 6.01 Å². The lowest BCUT2D eigenvalue weighted by molar-refractivity contribution is 0.425. The Morgan fingerprint density at radius 2 is 2.54 bits per heavy atom. The molecule has 2 heterocycles. The number of aromatic amines is 1. The fourth-order valence-corrected chi connectivity index (χ4v) is 0.921. The van der Waals surface area contributed by atoms with Gasteiger partial charge in [0.1, 0.15) is 0 Å². The molecule has 0 aromatic carbocycles. The molecular formula is C7H9N5O. The van der Waals surface area contributed by atoms with Gasteiger partial charge in [-0.3, -0.25) is 0 Å². The van der Waals surface area contributed by atoms with Gasteiger partial charge >= 0.3 is 6.01 Å². The number of aryl methyl sites for hydroxylation is 1. The van der Waals surface area contributed by atoms with Crippen LogP contribution < -0.4 is 5.32 Å². The molecule has 0 aliphatic rings. The van der Waals surface area contributed by atoms with Crippen LogP contribution in [-0.2, 0) is 6.54 Å². The van der Waals surface area contributed by atoms with Crippen LogP contribution in [-0.4, -0.2) is 20.1 Å². The van der Waals surface area contributed by atoms with E-state index >= 15 is 0 Å². The van der Waals surface area contributed by atoms with Crippen LogP contribution in [0, 0.1) is 6.92 Å². The van der Waals surface area contributed by atoms with Crippen LogP contribution in [0.5, 0.6) is 0 Å². The molecule has 68 valence electrons. The summed E-state index contributed by atoms with van der Waals surface area (Å²) in [6.45, 7) is 2.37. The van der Waals surface area contributed by atoms with E-state index in [1.807, 2.05) is 0 Å². The molecule has 0 aliphatic heterocycles. The average Bonchev–Trinajstić information content (AvgIpc) is 2.71. The number of hydrogen-bond donors (Lipinski definition) is 2. The zero-order valence-electron chi connectivity index (χ0n) is 7.11. The Morgan fingerprint density at radius 3 is 3.15 bits per heavy atom. The van der Waals surface area contributed by atoms with E-state index in [9.17, 15) is 0 Å². The largest absolute Gasteiger partial charge is 0.347 e. The Labute approximate surface area is 74.4 Å². The van der Waals surface area contributed by atoms with Crippen molar-refractivity contribution in [1.82, 2.24) is 20.1 Å². The number of anilines is 1. The number of hydrogen-bond acceptors (Lipinski definition) is 5. The van der Waals surface area contributed by atoms with Gasteiger partial charge in [-0.15, -0.1) is 0 Å². The first-order valence-electron chi connectivity index (χ1n) is 3.86. The maximum absolute atomic E-state index is 4.86. The van der Waals surface area contributed by atoms with E-state index in [4.69, 9.17) is 4.52 Å². The number of imidazole rings is 1. The lowest BCUT2D eigenvalue weighted by Crippen LogP contribution is -1.99. The van der Waals surface area contributed by atoms with Crippen molar-refractivity contribution in [3.05, 3.63) is 24.0 Å². The molecule has 0 bridgehead atoms. The number of nitrogens with zero attached hydrogens (tertiary/aromatic N) is 3. The molecule has 6 nitrogen and oxygen atoms in total. The van der Waals surface area contributed by atoms with Gasteiger partial charge in [-0.1, -0.05) is 5.16 Å². The third-order valence-corrected chi connectivity index (χ3v) is 1.51. The fourth-order valence-electron chi connectivity index (χ4n) is 0.921. The molecule has 0 fully saturated rings. The Balaban J connectivity index is 1.93. The molecule has 0 unspecified atom stereocenters. The highest BCUT2D eigenvalue weighted by Gasteiger charge is 2.01. The first-order chi connectivity index (χ1) is 6.34. The molecule has 2 rings (SSSR count). The lowest BCUT2D eigenvalue weighted by Gasteiger charge is -1.95. The zero-order chi connectivity index (χ0) is 9.10. The first kappa shape index (κ1) is 7.78. The summed E-state index contributed by atoms with van der Waals surface area (Å²) in [6, 6.07) is 0.423. The van der Waals surface area contributed by atoms with E-state index in [1.54, 1.807) is 19.4 Å². The van der Waals surface area contributed by atoms with Gasteiger partial charge in [0.05, 0.1) is 18.6 Å². The van der Waals surface area contributed by atoms with Crippen LogP contribution in [0.2, 0.25) is 0 Å². The summed E-state index contributed by atoms with van der Waals surface area (Å²) in [5.74, 6) is 0.618. The standard InChI is InChI=1S/C7H9N5O/c1-5-11-7(13-12-5)9-3-6-2-8-4-10-6/h2,4H,3H2,1H3,(H,8,10)(H,9,11,12). The van der Waals surface area contributed by atoms with Crippen molar-refractivity contribution in [1.29, 1.82) is 0 Å². The SMILES string of the molecule is Cc1noc(NCc2cnc[nH]2)n1. The first-order valence-corrected chi connectivity index (χ1v) is 3.86. The molecule has 0 atom stereocenters. The minimum absolute atomic E-state index is 0.423. The van der Waals surface area contributed by atoms with E-state index < -0.39 is 0 Å². The van der Waals surface area contributed by atoms with E-state index in [1.165, 1.54) is 0 Å². The van der Waals surface area contributed by atoms with Gasteiger partial charge in [-0.2, -0.15) is 4.98 Å². The Hall–Kier alpha value is -1.85. The van der Waals surface area contributed by atoms with Crippen LogP contribution in [0.3, 0.4) is 0 Å². The highest BCUT2D eigenvalue weighted by molar-refractivity contribution is 5.19. The van der Waals surface area contributed by atoms with Crippen LogP contribution in [0.1, 0.15) is 11.5 Å². The summed E-state index contributed by atoms with van der Waals surface area (Å²) in [6.07, 6.45) is 3.35. The predicted octanol–water partition coefficient (Wildman–Crippen LogP) is 0.713. The Kier molecular flexibility index (Phi) is 1.95. The number of aromatic nitrogens is 4. The number of H-pyrrole nitrogens is 1. The second-order valence-corrected chi connectivity index (χ2v) is 2.58. The maximum atomic E-state index is 4.86. The van der Waals surface area contributed by atoms with E-state index in [0.717, 1.165) is 5.69 Å². The van der Waals surface area contributed by atoms with Gasteiger partial charge in [0.25, 0.3) is 0 Å². The minimum Gasteiger partial charge on any atom is -0.347 e. The van der Waals surface area contributed by atoms with Crippen LogP contribution in [0.15, 0.2) is 17.0 Å². The molecule has 0 spiro atoms. The van der Waals surface area contributed by atoms with Crippen LogP contribution in [0.25, 0.3) is 0 Å². The van der Waals surface area contributed by atoms with E-state index in [-0.39, 0.29) is 0 Å². The molecule has 0 saturated heterocycles. The molecule has 6 heteroatoms. The number of rotatable bonds is 3. The summed E-state index contributed by atoms with van der Waals surface area (Å²) < 4.78 is 4.86. The van der Waals surface area contributed by atoms with E-state index in [0.29, 0.717) is 18.4 Å². The lowest BCUT2D eigenvalue weighted by atomic mass is 10.5. The van der Waals surface area contributed by atoms with Gasteiger partial charge in [0, 0.05) is 6.20 Å². The van der Waals surface area contributed by atoms with Crippen LogP contribution >= 0.6 is 0 Å². The van der Waals surface area contributed by atoms with Gasteiger partial charge in [-0.25, -0.2) is 4.98 Å². The minimum atomic E-state index is 0.423. The molecule has 2 aromatic heterocycles. The topological polar surface area (TPSA) is 79.6 Å². The van der Waals surface area contributed by atoms with Gasteiger partial charge in [0.15, 0.2) is 5.82 Å². The molecular weight excluding hydrogens is 170 g/mol.